The van der Waals surface area contributed by atoms with E-state index >= 15 is 0 Å². The van der Waals surface area contributed by atoms with E-state index in [9.17, 15) is 8.42 Å². The maximum absolute atomic E-state index is 11.1. The predicted octanol–water partition coefficient (Wildman–Crippen LogP) is -1.05. The molecule has 5 nitrogen and oxygen atoms in total. The van der Waals surface area contributed by atoms with Gasteiger partial charge in [-0.15, -0.1) is 0 Å². The van der Waals surface area contributed by atoms with E-state index < -0.39 is 16.3 Å². The highest BCUT2D eigenvalue weighted by atomic mass is 32.2. The van der Waals surface area contributed by atoms with E-state index in [-0.39, 0.29) is 12.6 Å². The highest BCUT2D eigenvalue weighted by Gasteiger charge is 2.26. The van der Waals surface area contributed by atoms with E-state index in [2.05, 4.69) is 9.44 Å². The molecule has 0 spiro atoms. The molecule has 1 fully saturated rings. The first kappa shape index (κ1) is 9.91. The summed E-state index contributed by atoms with van der Waals surface area (Å²) >= 11 is 0. The van der Waals surface area contributed by atoms with Gasteiger partial charge in [-0.3, -0.25) is 0 Å². The van der Waals surface area contributed by atoms with Crippen LogP contribution in [0.5, 0.6) is 0 Å². The Kier molecular flexibility index (Phi) is 3.05. The minimum atomic E-state index is -3.37. The molecule has 0 aromatic heterocycles. The Morgan fingerprint density at radius 3 is 2.58 bits per heavy atom. The summed E-state index contributed by atoms with van der Waals surface area (Å²) in [5.74, 6) is 0. The van der Waals surface area contributed by atoms with Gasteiger partial charge in [0.05, 0.1) is 6.10 Å². The van der Waals surface area contributed by atoms with Crippen LogP contribution in [0.3, 0.4) is 0 Å². The molecule has 1 rings (SSSR count). The van der Waals surface area contributed by atoms with E-state index in [0.29, 0.717) is 0 Å². The van der Waals surface area contributed by atoms with Crippen molar-refractivity contribution in [1.82, 2.24) is 9.44 Å². The standard InChI is InChI=1S/C6H14N2O3S/c1-5(9)4-7-12(10,11)8-6-2-3-6/h5-9H,2-4H2,1H3/t5-/m1/s1. The van der Waals surface area contributed by atoms with Gasteiger partial charge in [0.25, 0.3) is 10.2 Å². The van der Waals surface area contributed by atoms with Crippen LogP contribution in [-0.2, 0) is 10.2 Å². The molecule has 0 radical (unpaired) electrons. The molecular weight excluding hydrogens is 180 g/mol. The number of nitrogens with one attached hydrogen (secondary N) is 2. The molecule has 0 amide bonds. The number of aliphatic hydroxyl groups is 1. The molecule has 0 saturated heterocycles. The van der Waals surface area contributed by atoms with Gasteiger partial charge in [-0.1, -0.05) is 0 Å². The van der Waals surface area contributed by atoms with Gasteiger partial charge in [0, 0.05) is 12.6 Å². The highest BCUT2D eigenvalue weighted by molar-refractivity contribution is 7.87. The van der Waals surface area contributed by atoms with Crippen molar-refractivity contribution in [3.8, 4) is 0 Å². The van der Waals surface area contributed by atoms with Crippen LogP contribution in [-0.4, -0.2) is 32.2 Å². The summed E-state index contributed by atoms with van der Waals surface area (Å²) in [6.45, 7) is 1.59. The van der Waals surface area contributed by atoms with E-state index in [1.165, 1.54) is 6.92 Å². The number of hydrogen-bond acceptors (Lipinski definition) is 3. The smallest absolute Gasteiger partial charge is 0.277 e. The van der Waals surface area contributed by atoms with Gasteiger partial charge in [0.2, 0.25) is 0 Å². The molecule has 0 heterocycles. The van der Waals surface area contributed by atoms with Gasteiger partial charge < -0.3 is 5.11 Å². The minimum absolute atomic E-state index is 0.0576. The monoisotopic (exact) mass is 194 g/mol. The van der Waals surface area contributed by atoms with Crippen molar-refractivity contribution in [2.45, 2.75) is 31.9 Å². The fourth-order valence-corrected chi connectivity index (χ4v) is 1.91. The lowest BCUT2D eigenvalue weighted by molar-refractivity contribution is 0.198. The van der Waals surface area contributed by atoms with Gasteiger partial charge in [0.15, 0.2) is 0 Å². The van der Waals surface area contributed by atoms with Crippen LogP contribution in [0.15, 0.2) is 0 Å². The zero-order chi connectivity index (χ0) is 9.19. The number of aliphatic hydroxyl groups excluding tert-OH is 1. The van der Waals surface area contributed by atoms with Gasteiger partial charge in [-0.05, 0) is 19.8 Å². The summed E-state index contributed by atoms with van der Waals surface area (Å²) < 4.78 is 26.8. The molecule has 1 aliphatic rings. The van der Waals surface area contributed by atoms with Crippen molar-refractivity contribution in [2.24, 2.45) is 0 Å². The summed E-state index contributed by atoms with van der Waals surface area (Å²) in [6, 6.07) is 0.108. The van der Waals surface area contributed by atoms with Gasteiger partial charge in [-0.2, -0.15) is 17.9 Å². The highest BCUT2D eigenvalue weighted by Crippen LogP contribution is 2.19. The molecule has 3 N–H and O–H groups in total. The lowest BCUT2D eigenvalue weighted by atomic mass is 10.4. The maximum atomic E-state index is 11.1. The summed E-state index contributed by atoms with van der Waals surface area (Å²) in [7, 11) is -3.37. The second-order valence-electron chi connectivity index (χ2n) is 3.09. The van der Waals surface area contributed by atoms with Gasteiger partial charge >= 0.3 is 0 Å². The van der Waals surface area contributed by atoms with E-state index in [0.717, 1.165) is 12.8 Å². The summed E-state index contributed by atoms with van der Waals surface area (Å²) in [5.41, 5.74) is 0. The van der Waals surface area contributed by atoms with Crippen LogP contribution >= 0.6 is 0 Å². The topological polar surface area (TPSA) is 78.4 Å². The SMILES string of the molecule is C[C@@H](O)CNS(=O)(=O)NC1CC1. The van der Waals surface area contributed by atoms with E-state index in [1.807, 2.05) is 0 Å². The van der Waals surface area contributed by atoms with Crippen molar-refractivity contribution >= 4 is 10.2 Å². The first-order valence-electron chi connectivity index (χ1n) is 3.94. The molecule has 72 valence electrons. The van der Waals surface area contributed by atoms with Gasteiger partial charge in [0.1, 0.15) is 0 Å². The van der Waals surface area contributed by atoms with Crippen LogP contribution < -0.4 is 9.44 Å². The molecule has 1 atom stereocenters. The zero-order valence-corrected chi connectivity index (χ0v) is 7.76. The molecule has 1 saturated carbocycles. The maximum Gasteiger partial charge on any atom is 0.277 e. The second-order valence-corrected chi connectivity index (χ2v) is 4.62. The van der Waals surface area contributed by atoms with Crippen LogP contribution in [0.25, 0.3) is 0 Å². The Labute approximate surface area is 72.3 Å². The fraction of sp³-hybridized carbons (Fsp3) is 1.00. The van der Waals surface area contributed by atoms with Crippen molar-refractivity contribution in [3.05, 3.63) is 0 Å². The fourth-order valence-electron chi connectivity index (χ4n) is 0.693. The molecule has 0 aliphatic heterocycles. The van der Waals surface area contributed by atoms with Crippen LogP contribution in [0, 0.1) is 0 Å². The largest absolute Gasteiger partial charge is 0.392 e. The molecule has 0 aromatic carbocycles. The molecule has 0 unspecified atom stereocenters. The average Bonchev–Trinajstić information content (AvgIpc) is 2.67. The lowest BCUT2D eigenvalue weighted by Gasteiger charge is -2.08. The average molecular weight is 194 g/mol. The van der Waals surface area contributed by atoms with Crippen molar-refractivity contribution in [2.75, 3.05) is 6.54 Å². The summed E-state index contributed by atoms with van der Waals surface area (Å²) in [4.78, 5) is 0. The molecule has 0 bridgehead atoms. The Balaban J connectivity index is 2.27. The number of hydrogen-bond donors (Lipinski definition) is 3. The van der Waals surface area contributed by atoms with Crippen molar-refractivity contribution in [1.29, 1.82) is 0 Å². The van der Waals surface area contributed by atoms with E-state index in [4.69, 9.17) is 5.11 Å². The van der Waals surface area contributed by atoms with Crippen LogP contribution in [0.1, 0.15) is 19.8 Å². The lowest BCUT2D eigenvalue weighted by Crippen LogP contribution is -2.40. The molecule has 1 aliphatic carbocycles. The number of rotatable bonds is 5. The van der Waals surface area contributed by atoms with Crippen LogP contribution in [0.4, 0.5) is 0 Å². The molecule has 0 aromatic rings. The molecule has 6 heteroatoms. The minimum Gasteiger partial charge on any atom is -0.392 e. The van der Waals surface area contributed by atoms with Crippen molar-refractivity contribution < 1.29 is 13.5 Å². The Morgan fingerprint density at radius 1 is 1.58 bits per heavy atom. The Bertz CT molecular complexity index is 233. The zero-order valence-electron chi connectivity index (χ0n) is 6.95. The Morgan fingerprint density at radius 2 is 2.17 bits per heavy atom. The first-order chi connectivity index (χ1) is 5.49. The molecular formula is C6H14N2O3S. The Hall–Kier alpha value is -0.170. The van der Waals surface area contributed by atoms with Crippen LogP contribution in [0.2, 0.25) is 0 Å². The first-order valence-corrected chi connectivity index (χ1v) is 5.43. The molecule has 12 heavy (non-hydrogen) atoms. The normalized spacial score (nSPS) is 20.8. The van der Waals surface area contributed by atoms with E-state index in [1.54, 1.807) is 0 Å². The third-order valence-corrected chi connectivity index (χ3v) is 2.66. The summed E-state index contributed by atoms with van der Waals surface area (Å²) in [5, 5.41) is 8.81. The predicted molar refractivity (Wildman–Crippen MR) is 44.8 cm³/mol. The van der Waals surface area contributed by atoms with Crippen molar-refractivity contribution in [3.63, 3.8) is 0 Å². The summed E-state index contributed by atoms with van der Waals surface area (Å²) in [6.07, 6.45) is 1.17. The second kappa shape index (κ2) is 3.69. The third kappa shape index (κ3) is 4.01. The quantitative estimate of drug-likeness (QED) is 0.523. The van der Waals surface area contributed by atoms with Gasteiger partial charge in [-0.25, -0.2) is 0 Å². The third-order valence-electron chi connectivity index (χ3n) is 1.47.